The van der Waals surface area contributed by atoms with Gasteiger partial charge >= 0.3 is 12.1 Å². The van der Waals surface area contributed by atoms with E-state index < -0.39 is 6.09 Å². The standard InChI is InChI=1S/C22H23N3O3/c1-3-28-22(27)25-20-13-7-12-19(15(20)2)24-21(26)23-14-17-10-6-9-16-8-4-5-11-18(16)17/h4-13H,3,14H2,1-2H3,(H,25,27)(H2,23,24,26). The number of ether oxygens (including phenoxy) is 1. The van der Waals surface area contributed by atoms with Gasteiger partial charge in [0.05, 0.1) is 6.61 Å². The molecule has 0 aliphatic carbocycles. The van der Waals surface area contributed by atoms with Gasteiger partial charge in [-0.1, -0.05) is 48.5 Å². The van der Waals surface area contributed by atoms with Gasteiger partial charge in [-0.2, -0.15) is 0 Å². The molecule has 0 aromatic heterocycles. The molecule has 0 spiro atoms. The van der Waals surface area contributed by atoms with Crippen LogP contribution in [0.1, 0.15) is 18.1 Å². The summed E-state index contributed by atoms with van der Waals surface area (Å²) in [4.78, 5) is 24.0. The summed E-state index contributed by atoms with van der Waals surface area (Å²) in [6.07, 6.45) is -0.525. The molecule has 0 saturated heterocycles. The van der Waals surface area contributed by atoms with Gasteiger partial charge in [-0.05, 0) is 47.9 Å². The van der Waals surface area contributed by atoms with E-state index in [4.69, 9.17) is 4.74 Å². The largest absolute Gasteiger partial charge is 0.450 e. The minimum atomic E-state index is -0.525. The Kier molecular flexibility index (Phi) is 6.11. The van der Waals surface area contributed by atoms with Crippen LogP contribution in [-0.4, -0.2) is 18.7 Å². The number of anilines is 2. The second-order valence-electron chi connectivity index (χ2n) is 6.27. The molecule has 6 nitrogen and oxygen atoms in total. The van der Waals surface area contributed by atoms with E-state index in [1.165, 1.54) is 0 Å². The van der Waals surface area contributed by atoms with Gasteiger partial charge in [-0.25, -0.2) is 9.59 Å². The zero-order valence-electron chi connectivity index (χ0n) is 15.9. The van der Waals surface area contributed by atoms with E-state index >= 15 is 0 Å². The smallest absolute Gasteiger partial charge is 0.411 e. The summed E-state index contributed by atoms with van der Waals surface area (Å²) in [5.74, 6) is 0. The second-order valence-corrected chi connectivity index (χ2v) is 6.27. The van der Waals surface area contributed by atoms with Gasteiger partial charge < -0.3 is 15.4 Å². The van der Waals surface area contributed by atoms with Gasteiger partial charge in [-0.15, -0.1) is 0 Å². The highest BCUT2D eigenvalue weighted by Gasteiger charge is 2.10. The lowest BCUT2D eigenvalue weighted by Gasteiger charge is -2.14. The minimum Gasteiger partial charge on any atom is -0.450 e. The fourth-order valence-corrected chi connectivity index (χ4v) is 2.97. The van der Waals surface area contributed by atoms with E-state index in [-0.39, 0.29) is 6.03 Å². The van der Waals surface area contributed by atoms with Crippen molar-refractivity contribution in [3.63, 3.8) is 0 Å². The highest BCUT2D eigenvalue weighted by Crippen LogP contribution is 2.23. The number of rotatable bonds is 5. The molecule has 0 atom stereocenters. The quantitative estimate of drug-likeness (QED) is 0.583. The van der Waals surface area contributed by atoms with Crippen LogP contribution < -0.4 is 16.0 Å². The van der Waals surface area contributed by atoms with Gasteiger partial charge in [0.1, 0.15) is 0 Å². The summed E-state index contributed by atoms with van der Waals surface area (Å²) in [5.41, 5.74) is 2.99. The van der Waals surface area contributed by atoms with Crippen molar-refractivity contribution in [1.82, 2.24) is 5.32 Å². The van der Waals surface area contributed by atoms with Crippen molar-refractivity contribution in [2.75, 3.05) is 17.2 Å². The number of amides is 3. The molecule has 0 aliphatic heterocycles. The minimum absolute atomic E-state index is 0.291. The van der Waals surface area contributed by atoms with E-state index in [0.717, 1.165) is 21.9 Å². The molecule has 3 rings (SSSR count). The van der Waals surface area contributed by atoms with Crippen LogP contribution in [0.2, 0.25) is 0 Å². The van der Waals surface area contributed by atoms with Crippen LogP contribution in [-0.2, 0) is 11.3 Å². The lowest BCUT2D eigenvalue weighted by molar-refractivity contribution is 0.168. The van der Waals surface area contributed by atoms with E-state index in [9.17, 15) is 9.59 Å². The molecular formula is C22H23N3O3. The van der Waals surface area contributed by atoms with Crippen LogP contribution in [0.15, 0.2) is 60.7 Å². The molecular weight excluding hydrogens is 354 g/mol. The summed E-state index contributed by atoms with van der Waals surface area (Å²) >= 11 is 0. The van der Waals surface area contributed by atoms with Crippen LogP contribution in [0.5, 0.6) is 0 Å². The molecule has 3 amide bonds. The zero-order chi connectivity index (χ0) is 19.9. The highest BCUT2D eigenvalue weighted by atomic mass is 16.5. The zero-order valence-corrected chi connectivity index (χ0v) is 15.9. The number of fused-ring (bicyclic) bond motifs is 1. The molecule has 3 aromatic carbocycles. The van der Waals surface area contributed by atoms with Crippen LogP contribution in [0.4, 0.5) is 21.0 Å². The van der Waals surface area contributed by atoms with E-state index in [0.29, 0.717) is 24.5 Å². The first kappa shape index (κ1) is 19.2. The van der Waals surface area contributed by atoms with Gasteiger partial charge in [0.2, 0.25) is 0 Å². The molecule has 28 heavy (non-hydrogen) atoms. The van der Waals surface area contributed by atoms with Crippen LogP contribution in [0, 0.1) is 6.92 Å². The molecule has 0 saturated carbocycles. The maximum absolute atomic E-state index is 12.4. The Hall–Kier alpha value is -3.54. The van der Waals surface area contributed by atoms with E-state index in [1.54, 1.807) is 25.1 Å². The van der Waals surface area contributed by atoms with E-state index in [1.807, 2.05) is 49.4 Å². The first-order valence-electron chi connectivity index (χ1n) is 9.13. The Morgan fingerprint density at radius 1 is 0.893 bits per heavy atom. The van der Waals surface area contributed by atoms with Gasteiger partial charge in [-0.3, -0.25) is 5.32 Å². The number of carbonyl (C=O) groups is 2. The number of hydrogen-bond acceptors (Lipinski definition) is 3. The Bertz CT molecular complexity index is 996. The van der Waals surface area contributed by atoms with Gasteiger partial charge in [0, 0.05) is 17.9 Å². The van der Waals surface area contributed by atoms with Crippen LogP contribution >= 0.6 is 0 Å². The molecule has 0 radical (unpaired) electrons. The Labute approximate surface area is 163 Å². The molecule has 6 heteroatoms. The fourth-order valence-electron chi connectivity index (χ4n) is 2.97. The number of nitrogens with one attached hydrogen (secondary N) is 3. The van der Waals surface area contributed by atoms with Crippen molar-refractivity contribution in [2.45, 2.75) is 20.4 Å². The summed E-state index contributed by atoms with van der Waals surface area (Å²) < 4.78 is 4.89. The molecule has 0 fully saturated rings. The normalized spacial score (nSPS) is 10.4. The maximum Gasteiger partial charge on any atom is 0.411 e. The number of carbonyl (C=O) groups excluding carboxylic acids is 2. The van der Waals surface area contributed by atoms with Gasteiger partial charge in [0.15, 0.2) is 0 Å². The maximum atomic E-state index is 12.4. The SMILES string of the molecule is CCOC(=O)Nc1cccc(NC(=O)NCc2cccc3ccccc23)c1C. The van der Waals surface area contributed by atoms with Crippen molar-refractivity contribution in [3.05, 3.63) is 71.8 Å². The van der Waals surface area contributed by atoms with Crippen molar-refractivity contribution >= 4 is 34.3 Å². The lowest BCUT2D eigenvalue weighted by Crippen LogP contribution is -2.28. The van der Waals surface area contributed by atoms with Crippen LogP contribution in [0.25, 0.3) is 10.8 Å². The predicted octanol–water partition coefficient (Wildman–Crippen LogP) is 5.04. The molecule has 144 valence electrons. The monoisotopic (exact) mass is 377 g/mol. The van der Waals surface area contributed by atoms with Crippen LogP contribution in [0.3, 0.4) is 0 Å². The average molecular weight is 377 g/mol. The first-order valence-corrected chi connectivity index (χ1v) is 9.13. The first-order chi connectivity index (χ1) is 13.6. The van der Waals surface area contributed by atoms with Crippen molar-refractivity contribution in [1.29, 1.82) is 0 Å². The number of urea groups is 1. The molecule has 0 heterocycles. The van der Waals surface area contributed by atoms with E-state index in [2.05, 4.69) is 16.0 Å². The topological polar surface area (TPSA) is 79.5 Å². The Balaban J connectivity index is 1.65. The summed E-state index contributed by atoms with van der Waals surface area (Å²) in [6.45, 7) is 4.26. The van der Waals surface area contributed by atoms with Gasteiger partial charge in [0.25, 0.3) is 0 Å². The Morgan fingerprint density at radius 2 is 1.57 bits per heavy atom. The Morgan fingerprint density at radius 3 is 2.36 bits per heavy atom. The summed E-state index contributed by atoms with van der Waals surface area (Å²) in [5, 5.41) is 10.6. The summed E-state index contributed by atoms with van der Waals surface area (Å²) in [6, 6.07) is 19.1. The average Bonchev–Trinajstić information content (AvgIpc) is 2.69. The third-order valence-electron chi connectivity index (χ3n) is 4.41. The number of hydrogen-bond donors (Lipinski definition) is 3. The van der Waals surface area contributed by atoms with Crippen molar-refractivity contribution in [2.24, 2.45) is 0 Å². The predicted molar refractivity (Wildman–Crippen MR) is 112 cm³/mol. The third-order valence-corrected chi connectivity index (χ3v) is 4.41. The van der Waals surface area contributed by atoms with Crippen molar-refractivity contribution < 1.29 is 14.3 Å². The molecule has 3 aromatic rings. The number of benzene rings is 3. The molecule has 0 aliphatic rings. The van der Waals surface area contributed by atoms with Crippen molar-refractivity contribution in [3.8, 4) is 0 Å². The molecule has 0 bridgehead atoms. The molecule has 0 unspecified atom stereocenters. The fraction of sp³-hybridized carbons (Fsp3) is 0.182. The summed E-state index contributed by atoms with van der Waals surface area (Å²) in [7, 11) is 0. The molecule has 3 N–H and O–H groups in total. The third kappa shape index (κ3) is 4.59. The highest BCUT2D eigenvalue weighted by molar-refractivity contribution is 5.93. The second kappa shape index (κ2) is 8.90. The lowest BCUT2D eigenvalue weighted by atomic mass is 10.0.